The molecule has 0 spiro atoms. The Labute approximate surface area is 221 Å². The maximum Gasteiger partial charge on any atom is 0.417 e. The zero-order valence-corrected chi connectivity index (χ0v) is 21.0. The minimum absolute atomic E-state index is 0.175. The summed E-state index contributed by atoms with van der Waals surface area (Å²) in [5.41, 5.74) is -0.701. The largest absolute Gasteiger partial charge is 0.495 e. The summed E-state index contributed by atoms with van der Waals surface area (Å²) >= 11 is 0. The summed E-state index contributed by atoms with van der Waals surface area (Å²) in [5.74, 6) is -1.04. The lowest BCUT2D eigenvalue weighted by atomic mass is 9.67. The number of hydrogen-bond donors (Lipinski definition) is 2. The van der Waals surface area contributed by atoms with Crippen LogP contribution in [0.5, 0.6) is 5.75 Å². The number of carbonyl (C=O) groups excluding carboxylic acids is 2. The number of amides is 2. The SMILES string of the molecule is COc1ccc(C(=O)Nc2cnn3c2C(=O)N(c2ccc(C4CC(O)(C(F)(F)F)C4)cc2)C(C)C3)cc1C#N. The fourth-order valence-electron chi connectivity index (χ4n) is 5.12. The molecule has 9 nitrogen and oxygen atoms in total. The summed E-state index contributed by atoms with van der Waals surface area (Å²) in [6.45, 7) is 2.19. The number of fused-ring (bicyclic) bond motifs is 1. The van der Waals surface area contributed by atoms with Gasteiger partial charge in [-0.25, -0.2) is 0 Å². The molecule has 2 heterocycles. The molecule has 1 aliphatic carbocycles. The highest BCUT2D eigenvalue weighted by Crippen LogP contribution is 2.52. The van der Waals surface area contributed by atoms with Gasteiger partial charge in [0.25, 0.3) is 11.8 Å². The molecule has 1 fully saturated rings. The number of aromatic nitrogens is 2. The average molecular weight is 540 g/mol. The fraction of sp³-hybridized carbons (Fsp3) is 0.333. The Balaban J connectivity index is 1.34. The van der Waals surface area contributed by atoms with Crippen LogP contribution in [0, 0.1) is 11.3 Å². The number of rotatable bonds is 5. The van der Waals surface area contributed by atoms with E-state index in [1.54, 1.807) is 29.2 Å². The van der Waals surface area contributed by atoms with Crippen LogP contribution in [0.2, 0.25) is 0 Å². The summed E-state index contributed by atoms with van der Waals surface area (Å²) < 4.78 is 45.6. The second-order valence-corrected chi connectivity index (χ2v) is 9.82. The van der Waals surface area contributed by atoms with Crippen LogP contribution < -0.4 is 15.0 Å². The minimum Gasteiger partial charge on any atom is -0.495 e. The van der Waals surface area contributed by atoms with Crippen LogP contribution in [0.15, 0.2) is 48.7 Å². The third-order valence-electron chi connectivity index (χ3n) is 7.31. The van der Waals surface area contributed by atoms with Gasteiger partial charge >= 0.3 is 6.18 Å². The van der Waals surface area contributed by atoms with Crippen LogP contribution in [0.4, 0.5) is 24.5 Å². The zero-order chi connectivity index (χ0) is 28.1. The zero-order valence-electron chi connectivity index (χ0n) is 21.0. The normalized spacial score (nSPS) is 22.5. The maximum absolute atomic E-state index is 13.6. The first-order valence-corrected chi connectivity index (χ1v) is 12.1. The Morgan fingerprint density at radius 1 is 1.23 bits per heavy atom. The van der Waals surface area contributed by atoms with Gasteiger partial charge in [0.1, 0.15) is 17.5 Å². The molecule has 12 heteroatoms. The third-order valence-corrected chi connectivity index (χ3v) is 7.31. The smallest absolute Gasteiger partial charge is 0.417 e. The van der Waals surface area contributed by atoms with E-state index in [9.17, 15) is 33.1 Å². The van der Waals surface area contributed by atoms with Gasteiger partial charge < -0.3 is 20.1 Å². The second-order valence-electron chi connectivity index (χ2n) is 9.82. The van der Waals surface area contributed by atoms with Crippen molar-refractivity contribution in [1.29, 1.82) is 5.26 Å². The molecule has 39 heavy (non-hydrogen) atoms. The number of benzene rings is 2. The number of methoxy groups -OCH3 is 1. The van der Waals surface area contributed by atoms with Gasteiger partial charge in [0, 0.05) is 11.3 Å². The Kier molecular flexibility index (Phi) is 6.34. The molecular weight excluding hydrogens is 515 g/mol. The molecule has 2 aliphatic rings. The molecule has 2 amide bonds. The first-order chi connectivity index (χ1) is 18.5. The lowest BCUT2D eigenvalue weighted by Gasteiger charge is -2.44. The van der Waals surface area contributed by atoms with Crippen LogP contribution in [-0.4, -0.2) is 51.6 Å². The van der Waals surface area contributed by atoms with E-state index in [0.717, 1.165) is 0 Å². The molecule has 0 radical (unpaired) electrons. The number of nitrogens with zero attached hydrogens (tertiary/aromatic N) is 4. The number of nitrogens with one attached hydrogen (secondary N) is 1. The number of carbonyl (C=O) groups is 2. The topological polar surface area (TPSA) is 120 Å². The van der Waals surface area contributed by atoms with Gasteiger partial charge in [-0.2, -0.15) is 23.5 Å². The van der Waals surface area contributed by atoms with Gasteiger partial charge in [-0.3, -0.25) is 14.3 Å². The van der Waals surface area contributed by atoms with Crippen LogP contribution in [0.3, 0.4) is 0 Å². The van der Waals surface area contributed by atoms with E-state index in [-0.39, 0.29) is 28.6 Å². The second kappa shape index (κ2) is 9.43. The average Bonchev–Trinajstić information content (AvgIpc) is 3.28. The standard InChI is InChI=1S/C27H24F3N5O4/c1-15-14-34-23(21(13-32-34)33-24(36)17-5-8-22(39-2)18(9-17)12-31)25(37)35(15)20-6-3-16(4-7-20)19-10-26(38,11-19)27(28,29)30/h3-9,13,15,19,38H,10-11,14H2,1-2H3,(H,33,36). The van der Waals surface area contributed by atoms with Gasteiger partial charge in [0.2, 0.25) is 0 Å². The molecule has 1 aromatic heterocycles. The van der Waals surface area contributed by atoms with Crippen LogP contribution in [0.25, 0.3) is 0 Å². The molecule has 1 unspecified atom stereocenters. The quantitative estimate of drug-likeness (QED) is 0.501. The van der Waals surface area contributed by atoms with Crippen molar-refractivity contribution in [3.05, 3.63) is 71.0 Å². The van der Waals surface area contributed by atoms with E-state index in [1.165, 1.54) is 36.2 Å². The Morgan fingerprint density at radius 3 is 2.54 bits per heavy atom. The van der Waals surface area contributed by atoms with Crippen molar-refractivity contribution in [3.8, 4) is 11.8 Å². The highest BCUT2D eigenvalue weighted by molar-refractivity contribution is 6.13. The first kappa shape index (κ1) is 26.2. The van der Waals surface area contributed by atoms with Gasteiger partial charge in [-0.1, -0.05) is 12.1 Å². The van der Waals surface area contributed by atoms with Crippen molar-refractivity contribution >= 4 is 23.2 Å². The Bertz CT molecular complexity index is 1490. The summed E-state index contributed by atoms with van der Waals surface area (Å²) in [4.78, 5) is 28.1. The summed E-state index contributed by atoms with van der Waals surface area (Å²) in [6, 6.07) is 12.7. The first-order valence-electron chi connectivity index (χ1n) is 12.1. The molecule has 2 N–H and O–H groups in total. The van der Waals surface area contributed by atoms with Crippen molar-refractivity contribution in [1.82, 2.24) is 9.78 Å². The predicted octanol–water partition coefficient (Wildman–Crippen LogP) is 4.24. The number of anilines is 2. The van der Waals surface area contributed by atoms with Crippen molar-refractivity contribution in [2.24, 2.45) is 0 Å². The fourth-order valence-corrected chi connectivity index (χ4v) is 5.12. The molecular formula is C27H24F3N5O4. The number of halogens is 3. The number of hydrogen-bond acceptors (Lipinski definition) is 6. The van der Waals surface area contributed by atoms with Crippen molar-refractivity contribution in [3.63, 3.8) is 0 Å². The monoisotopic (exact) mass is 539 g/mol. The highest BCUT2D eigenvalue weighted by atomic mass is 19.4. The molecule has 1 aliphatic heterocycles. The lowest BCUT2D eigenvalue weighted by molar-refractivity contribution is -0.291. The number of nitriles is 1. The molecule has 3 aromatic rings. The van der Waals surface area contributed by atoms with Gasteiger partial charge in [-0.05, 0) is 61.6 Å². The number of alkyl halides is 3. The maximum atomic E-state index is 13.6. The molecule has 0 saturated heterocycles. The lowest BCUT2D eigenvalue weighted by Crippen LogP contribution is -2.54. The molecule has 5 rings (SSSR count). The Hall–Kier alpha value is -4.37. The van der Waals surface area contributed by atoms with Gasteiger partial charge in [0.05, 0.1) is 37.1 Å². The number of aliphatic hydroxyl groups is 1. The van der Waals surface area contributed by atoms with Crippen LogP contribution in [-0.2, 0) is 6.54 Å². The third kappa shape index (κ3) is 4.48. The molecule has 1 atom stereocenters. The molecule has 1 saturated carbocycles. The van der Waals surface area contributed by atoms with Crippen molar-refractivity contribution in [2.75, 3.05) is 17.3 Å². The van der Waals surface area contributed by atoms with E-state index in [4.69, 9.17) is 4.74 Å². The van der Waals surface area contributed by atoms with Crippen molar-refractivity contribution < 1.29 is 32.6 Å². The van der Waals surface area contributed by atoms with E-state index >= 15 is 0 Å². The van der Waals surface area contributed by atoms with E-state index in [0.29, 0.717) is 23.5 Å². The van der Waals surface area contributed by atoms with E-state index in [1.807, 2.05) is 13.0 Å². The summed E-state index contributed by atoms with van der Waals surface area (Å²) in [6.07, 6.45) is -4.08. The summed E-state index contributed by atoms with van der Waals surface area (Å²) in [7, 11) is 1.42. The minimum atomic E-state index is -4.67. The highest BCUT2D eigenvalue weighted by Gasteiger charge is 2.61. The van der Waals surface area contributed by atoms with Crippen LogP contribution in [0.1, 0.15) is 57.7 Å². The predicted molar refractivity (Wildman–Crippen MR) is 134 cm³/mol. The van der Waals surface area contributed by atoms with E-state index in [2.05, 4.69) is 10.4 Å². The van der Waals surface area contributed by atoms with Crippen molar-refractivity contribution in [2.45, 2.75) is 50.0 Å². The molecule has 0 bridgehead atoms. The van der Waals surface area contributed by atoms with Gasteiger partial charge in [-0.15, -0.1) is 0 Å². The summed E-state index contributed by atoms with van der Waals surface area (Å²) in [5, 5.41) is 26.0. The van der Waals surface area contributed by atoms with Crippen LogP contribution >= 0.6 is 0 Å². The number of ether oxygens (including phenoxy) is 1. The molecule has 202 valence electrons. The van der Waals surface area contributed by atoms with E-state index < -0.39 is 42.4 Å². The Morgan fingerprint density at radius 2 is 1.92 bits per heavy atom. The molecule has 2 aromatic carbocycles. The van der Waals surface area contributed by atoms with Gasteiger partial charge in [0.15, 0.2) is 5.60 Å².